The highest BCUT2D eigenvalue weighted by Crippen LogP contribution is 2.65. The smallest absolute Gasteiger partial charge is 0.312 e. The number of amides is 2. The largest absolute Gasteiger partial charge is 0.497 e. The maximum absolute atomic E-state index is 14.9. The molecule has 3 fully saturated rings. The van der Waals surface area contributed by atoms with Crippen molar-refractivity contribution in [2.24, 2.45) is 11.8 Å². The van der Waals surface area contributed by atoms with Crippen LogP contribution in [0.1, 0.15) is 44.6 Å². The van der Waals surface area contributed by atoms with Crippen molar-refractivity contribution in [2.45, 2.75) is 68.7 Å². The Morgan fingerprint density at radius 1 is 1.13 bits per heavy atom. The normalized spacial score (nSPS) is 27.1. The zero-order valence-corrected chi connectivity index (χ0v) is 26.2. The topological polar surface area (TPSA) is 106 Å². The zero-order chi connectivity index (χ0) is 32.2. The number of nitrogens with zero attached hydrogens (tertiary/aromatic N) is 2. The highest BCUT2D eigenvalue weighted by Gasteiger charge is 2.79. The van der Waals surface area contributed by atoms with Crippen LogP contribution in [0.2, 0.25) is 0 Å². The molecule has 3 aliphatic heterocycles. The third-order valence-electron chi connectivity index (χ3n) is 9.78. The number of hydrogen-bond acceptors (Lipinski definition) is 7. The molecule has 9 nitrogen and oxygen atoms in total. The molecule has 3 heterocycles. The molecule has 240 valence electrons. The van der Waals surface area contributed by atoms with Gasteiger partial charge in [0.05, 0.1) is 37.9 Å². The number of rotatable bonds is 15. The molecule has 1 spiro atoms. The van der Waals surface area contributed by atoms with Gasteiger partial charge in [-0.25, -0.2) is 0 Å². The Kier molecular flexibility index (Phi) is 9.79. The molecule has 2 amide bonds. The van der Waals surface area contributed by atoms with E-state index in [1.165, 1.54) is 4.90 Å². The van der Waals surface area contributed by atoms with Crippen molar-refractivity contribution in [2.75, 3.05) is 31.8 Å². The summed E-state index contributed by atoms with van der Waals surface area (Å²) in [7, 11) is 1.57. The quantitative estimate of drug-likeness (QED) is 0.179. The Morgan fingerprint density at radius 2 is 1.87 bits per heavy atom. The minimum absolute atomic E-state index is 0.181. The first-order valence-corrected chi connectivity index (χ1v) is 15.8. The van der Waals surface area contributed by atoms with Gasteiger partial charge in [-0.05, 0) is 68.4 Å². The first-order valence-electron chi connectivity index (χ1n) is 15.8. The Hall–Kier alpha value is -3.95. The summed E-state index contributed by atoms with van der Waals surface area (Å²) in [6, 6.07) is 14.9. The Labute approximate surface area is 265 Å². The van der Waals surface area contributed by atoms with Crippen LogP contribution in [0.5, 0.6) is 5.75 Å². The second-order valence-electron chi connectivity index (χ2n) is 12.1. The summed E-state index contributed by atoms with van der Waals surface area (Å²) < 4.78 is 18.0. The molecule has 2 aromatic carbocycles. The van der Waals surface area contributed by atoms with E-state index in [-0.39, 0.29) is 31.6 Å². The van der Waals surface area contributed by atoms with Crippen LogP contribution in [0.3, 0.4) is 0 Å². The van der Waals surface area contributed by atoms with E-state index in [1.807, 2.05) is 37.3 Å². The van der Waals surface area contributed by atoms with E-state index in [2.05, 4.69) is 13.2 Å². The summed E-state index contributed by atoms with van der Waals surface area (Å²) in [6.07, 6.45) is 6.50. The average molecular weight is 617 g/mol. The lowest BCUT2D eigenvalue weighted by Crippen LogP contribution is -2.59. The molecule has 1 N–H and O–H groups in total. The fraction of sp³-hybridized carbons (Fsp3) is 0.472. The second kappa shape index (κ2) is 13.6. The van der Waals surface area contributed by atoms with E-state index in [0.29, 0.717) is 50.0 Å². The van der Waals surface area contributed by atoms with Crippen LogP contribution < -0.4 is 9.64 Å². The van der Waals surface area contributed by atoms with E-state index >= 15 is 0 Å². The summed E-state index contributed by atoms with van der Waals surface area (Å²) >= 11 is 0. The van der Waals surface area contributed by atoms with Crippen molar-refractivity contribution >= 4 is 23.5 Å². The van der Waals surface area contributed by atoms with Crippen molar-refractivity contribution in [3.8, 4) is 5.75 Å². The van der Waals surface area contributed by atoms with Gasteiger partial charge in [0, 0.05) is 12.2 Å². The van der Waals surface area contributed by atoms with Crippen LogP contribution in [0.15, 0.2) is 79.9 Å². The zero-order valence-electron chi connectivity index (χ0n) is 26.2. The van der Waals surface area contributed by atoms with Crippen molar-refractivity contribution in [3.05, 3.63) is 85.5 Å². The van der Waals surface area contributed by atoms with Crippen LogP contribution in [-0.4, -0.2) is 77.9 Å². The lowest BCUT2D eigenvalue weighted by Gasteiger charge is -2.39. The van der Waals surface area contributed by atoms with Gasteiger partial charge < -0.3 is 29.1 Å². The average Bonchev–Trinajstić information content (AvgIpc) is 3.68. The number of fused-ring (bicyclic) bond motifs is 1. The number of ether oxygens (including phenoxy) is 3. The lowest BCUT2D eigenvalue weighted by molar-refractivity contribution is -0.162. The van der Waals surface area contributed by atoms with E-state index in [0.717, 1.165) is 5.56 Å². The molecule has 2 unspecified atom stereocenters. The minimum Gasteiger partial charge on any atom is -0.497 e. The van der Waals surface area contributed by atoms with Gasteiger partial charge in [-0.15, -0.1) is 13.2 Å². The van der Waals surface area contributed by atoms with Crippen molar-refractivity contribution in [3.63, 3.8) is 0 Å². The van der Waals surface area contributed by atoms with Crippen LogP contribution in [-0.2, 0) is 30.3 Å². The van der Waals surface area contributed by atoms with Gasteiger partial charge in [-0.3, -0.25) is 14.4 Å². The number of likely N-dealkylation sites (tertiary alicyclic amines) is 1. The Bertz CT molecular complexity index is 1400. The van der Waals surface area contributed by atoms with Gasteiger partial charge in [-0.2, -0.15) is 0 Å². The predicted molar refractivity (Wildman–Crippen MR) is 171 cm³/mol. The summed E-state index contributed by atoms with van der Waals surface area (Å²) in [4.78, 5) is 46.6. The van der Waals surface area contributed by atoms with Gasteiger partial charge in [0.1, 0.15) is 23.3 Å². The summed E-state index contributed by atoms with van der Waals surface area (Å²) in [5.74, 6) is -2.33. The number of unbranched alkanes of at least 4 members (excludes halogenated alkanes) is 1. The van der Waals surface area contributed by atoms with Gasteiger partial charge in [-0.1, -0.05) is 49.4 Å². The number of methoxy groups -OCH3 is 1. The first-order chi connectivity index (χ1) is 21.8. The summed E-state index contributed by atoms with van der Waals surface area (Å²) in [6.45, 7) is 9.58. The number of allylic oxidation sites excluding steroid dienone is 1. The number of anilines is 1. The molecule has 0 aromatic heterocycles. The predicted octanol–water partition coefficient (Wildman–Crippen LogP) is 4.48. The van der Waals surface area contributed by atoms with Crippen molar-refractivity contribution < 1.29 is 33.7 Å². The number of hydrogen-bond donors (Lipinski definition) is 1. The summed E-state index contributed by atoms with van der Waals surface area (Å²) in [5.41, 5.74) is -0.660. The monoisotopic (exact) mass is 616 g/mol. The maximum atomic E-state index is 14.9. The minimum atomic E-state index is -1.26. The van der Waals surface area contributed by atoms with E-state index in [4.69, 9.17) is 14.2 Å². The number of aliphatic hydroxyl groups is 1. The van der Waals surface area contributed by atoms with Crippen molar-refractivity contribution in [1.29, 1.82) is 0 Å². The number of carbonyl (C=O) groups is 3. The van der Waals surface area contributed by atoms with E-state index < -0.39 is 41.1 Å². The molecule has 9 heteroatoms. The number of benzene rings is 2. The second-order valence-corrected chi connectivity index (χ2v) is 12.1. The molecular formula is C36H44N2O7. The lowest BCUT2D eigenvalue weighted by atomic mass is 9.65. The molecular weight excluding hydrogens is 572 g/mol. The van der Waals surface area contributed by atoms with E-state index in [1.54, 1.807) is 48.4 Å². The third-order valence-corrected chi connectivity index (χ3v) is 9.78. The molecule has 5 rings (SSSR count). The van der Waals surface area contributed by atoms with Crippen LogP contribution >= 0.6 is 0 Å². The number of esters is 1. The molecule has 6 atom stereocenters. The fourth-order valence-corrected chi connectivity index (χ4v) is 7.68. The van der Waals surface area contributed by atoms with Gasteiger partial charge in [0.25, 0.3) is 5.91 Å². The molecule has 3 aliphatic rings. The van der Waals surface area contributed by atoms with E-state index in [9.17, 15) is 19.5 Å². The molecule has 2 aromatic rings. The van der Waals surface area contributed by atoms with Crippen LogP contribution in [0.4, 0.5) is 5.69 Å². The SMILES string of the molecule is C=CCCCOC(=O)[C@H]1[C@H]2C(=O)N([C@@H](CO)Cc3ccccc3)C(C(=O)N(CC=C)c3ccc(OC)cc3)C23CC[C@]1(CC)O3. The maximum Gasteiger partial charge on any atom is 0.312 e. The number of carbonyl (C=O) groups excluding carboxylic acids is 3. The highest BCUT2D eigenvalue weighted by atomic mass is 16.6. The van der Waals surface area contributed by atoms with Gasteiger partial charge in [0.15, 0.2) is 0 Å². The highest BCUT2D eigenvalue weighted by molar-refractivity contribution is 6.05. The summed E-state index contributed by atoms with van der Waals surface area (Å²) in [5, 5.41) is 10.8. The Morgan fingerprint density at radius 3 is 2.49 bits per heavy atom. The Balaban J connectivity index is 1.59. The molecule has 2 bridgehead atoms. The first kappa shape index (κ1) is 32.4. The van der Waals surface area contributed by atoms with Crippen molar-refractivity contribution in [1.82, 2.24) is 4.90 Å². The number of aliphatic hydroxyl groups excluding tert-OH is 1. The molecule has 0 saturated carbocycles. The van der Waals surface area contributed by atoms with Gasteiger partial charge in [0.2, 0.25) is 5.91 Å². The molecule has 0 radical (unpaired) electrons. The standard InChI is InChI=1S/C36H44N2O7/c1-5-8-12-22-44-34(42)30-29-32(40)38(27(24-39)23-25-13-10-9-11-14-25)31(36(29)20-19-35(30,7-3)45-36)33(41)37(21-6-2)26-15-17-28(43-4)18-16-26/h5-6,9-11,13-18,27,29-31,39H,1-2,7-8,12,19-24H2,3-4H3/t27-,29+,30-,31?,35+,36?/m1/s1. The van der Waals surface area contributed by atoms with Crippen LogP contribution in [0, 0.1) is 11.8 Å². The molecule has 0 aliphatic carbocycles. The molecule has 3 saturated heterocycles. The third kappa shape index (κ3) is 5.68. The van der Waals surface area contributed by atoms with Crippen LogP contribution in [0.25, 0.3) is 0 Å². The fourth-order valence-electron chi connectivity index (χ4n) is 7.68. The molecule has 45 heavy (non-hydrogen) atoms. The van der Waals surface area contributed by atoms with Gasteiger partial charge >= 0.3 is 5.97 Å².